The first kappa shape index (κ1) is 11.5. The van der Waals surface area contributed by atoms with E-state index in [1.165, 1.54) is 18.9 Å². The van der Waals surface area contributed by atoms with Crippen LogP contribution in [0.5, 0.6) is 0 Å². The molecule has 0 N–H and O–H groups in total. The van der Waals surface area contributed by atoms with Crippen LogP contribution in [0.2, 0.25) is 19.1 Å². The SMILES string of the molecule is C=CC=CO[Si](C)(C)CCCC. The first-order chi connectivity index (χ1) is 5.62. The largest absolute Gasteiger partial charge is 0.549 e. The van der Waals surface area contributed by atoms with E-state index in [4.69, 9.17) is 4.43 Å². The molecule has 0 aliphatic rings. The van der Waals surface area contributed by atoms with Crippen molar-refractivity contribution in [2.24, 2.45) is 0 Å². The Morgan fingerprint density at radius 2 is 2.08 bits per heavy atom. The second-order valence-corrected chi connectivity index (χ2v) is 7.80. The van der Waals surface area contributed by atoms with E-state index in [0.29, 0.717) is 0 Å². The Bertz CT molecular complexity index is 150. The van der Waals surface area contributed by atoms with Gasteiger partial charge in [0.2, 0.25) is 8.32 Å². The summed E-state index contributed by atoms with van der Waals surface area (Å²) in [7, 11) is -1.40. The average molecular weight is 184 g/mol. The van der Waals surface area contributed by atoms with Crippen LogP contribution in [-0.4, -0.2) is 8.32 Å². The van der Waals surface area contributed by atoms with E-state index >= 15 is 0 Å². The second kappa shape index (κ2) is 6.06. The highest BCUT2D eigenvalue weighted by Crippen LogP contribution is 2.15. The van der Waals surface area contributed by atoms with E-state index in [2.05, 4.69) is 26.6 Å². The Morgan fingerprint density at radius 1 is 1.42 bits per heavy atom. The van der Waals surface area contributed by atoms with Gasteiger partial charge in [-0.3, -0.25) is 0 Å². The summed E-state index contributed by atoms with van der Waals surface area (Å²) < 4.78 is 5.66. The van der Waals surface area contributed by atoms with Crippen LogP contribution in [0.25, 0.3) is 0 Å². The van der Waals surface area contributed by atoms with Crippen LogP contribution in [0.15, 0.2) is 25.0 Å². The molecule has 0 rings (SSSR count). The van der Waals surface area contributed by atoms with Gasteiger partial charge in [0.25, 0.3) is 0 Å². The fraction of sp³-hybridized carbons (Fsp3) is 0.600. The molecule has 0 saturated carbocycles. The third kappa shape index (κ3) is 6.22. The summed E-state index contributed by atoms with van der Waals surface area (Å²) in [4.78, 5) is 0. The third-order valence-electron chi connectivity index (χ3n) is 1.73. The highest BCUT2D eigenvalue weighted by molar-refractivity contribution is 6.71. The molecule has 0 fully saturated rings. The summed E-state index contributed by atoms with van der Waals surface area (Å²) in [5.41, 5.74) is 0. The predicted molar refractivity (Wildman–Crippen MR) is 57.6 cm³/mol. The second-order valence-electron chi connectivity index (χ2n) is 3.55. The molecule has 0 bridgehead atoms. The number of hydrogen-bond donors (Lipinski definition) is 0. The molecule has 0 amide bonds. The molecule has 0 aromatic heterocycles. The van der Waals surface area contributed by atoms with Crippen LogP contribution in [0.4, 0.5) is 0 Å². The Morgan fingerprint density at radius 3 is 2.58 bits per heavy atom. The fourth-order valence-corrected chi connectivity index (χ4v) is 2.71. The molecule has 0 aliphatic heterocycles. The molecular formula is C10H20OSi. The van der Waals surface area contributed by atoms with Crippen molar-refractivity contribution in [2.45, 2.75) is 38.9 Å². The van der Waals surface area contributed by atoms with E-state index in [1.807, 2.05) is 6.08 Å². The van der Waals surface area contributed by atoms with Crippen molar-refractivity contribution in [1.82, 2.24) is 0 Å². The van der Waals surface area contributed by atoms with Crippen molar-refractivity contribution in [3.05, 3.63) is 25.0 Å². The van der Waals surface area contributed by atoms with Gasteiger partial charge in [-0.1, -0.05) is 32.4 Å². The lowest BCUT2D eigenvalue weighted by atomic mass is 10.4. The molecule has 1 nitrogen and oxygen atoms in total. The molecule has 0 aromatic rings. The van der Waals surface area contributed by atoms with Crippen LogP contribution >= 0.6 is 0 Å². The van der Waals surface area contributed by atoms with E-state index in [9.17, 15) is 0 Å². The average Bonchev–Trinajstić information content (AvgIpc) is 2.01. The minimum atomic E-state index is -1.40. The van der Waals surface area contributed by atoms with Crippen LogP contribution in [0.3, 0.4) is 0 Å². The molecule has 12 heavy (non-hydrogen) atoms. The third-order valence-corrected chi connectivity index (χ3v) is 4.07. The van der Waals surface area contributed by atoms with Gasteiger partial charge in [0.15, 0.2) is 0 Å². The molecule has 70 valence electrons. The molecule has 0 aliphatic carbocycles. The standard InChI is InChI=1S/C10H20OSi/c1-5-7-9-11-12(3,4)10-8-6-2/h5,7,9H,1,6,8,10H2,2-4H3. The summed E-state index contributed by atoms with van der Waals surface area (Å²) in [5, 5.41) is 0. The van der Waals surface area contributed by atoms with E-state index in [0.717, 1.165) is 0 Å². The lowest BCUT2D eigenvalue weighted by Crippen LogP contribution is -2.27. The summed E-state index contributed by atoms with van der Waals surface area (Å²) >= 11 is 0. The number of allylic oxidation sites excluding steroid dienone is 2. The van der Waals surface area contributed by atoms with Gasteiger partial charge in [0.05, 0.1) is 6.26 Å². The maximum absolute atomic E-state index is 5.66. The maximum Gasteiger partial charge on any atom is 0.244 e. The van der Waals surface area contributed by atoms with Gasteiger partial charge in [0, 0.05) is 0 Å². The van der Waals surface area contributed by atoms with Gasteiger partial charge in [-0.05, 0) is 25.2 Å². The van der Waals surface area contributed by atoms with Crippen molar-refractivity contribution in [2.75, 3.05) is 0 Å². The van der Waals surface area contributed by atoms with E-state index in [-0.39, 0.29) is 0 Å². The number of rotatable bonds is 6. The van der Waals surface area contributed by atoms with Crippen molar-refractivity contribution in [3.63, 3.8) is 0 Å². The Hall–Kier alpha value is -0.503. The van der Waals surface area contributed by atoms with Crippen molar-refractivity contribution in [1.29, 1.82) is 0 Å². The molecule has 2 heteroatoms. The highest BCUT2D eigenvalue weighted by Gasteiger charge is 2.21. The molecule has 0 unspecified atom stereocenters. The number of unbranched alkanes of at least 4 members (excludes halogenated alkanes) is 1. The van der Waals surface area contributed by atoms with E-state index in [1.54, 1.807) is 12.3 Å². The van der Waals surface area contributed by atoms with Crippen LogP contribution in [-0.2, 0) is 4.43 Å². The Labute approximate surface area is 77.3 Å². The monoisotopic (exact) mass is 184 g/mol. The summed E-state index contributed by atoms with van der Waals surface area (Å²) in [6.07, 6.45) is 7.89. The molecule has 0 aromatic carbocycles. The predicted octanol–water partition coefficient (Wildman–Crippen LogP) is 3.71. The van der Waals surface area contributed by atoms with Gasteiger partial charge >= 0.3 is 0 Å². The summed E-state index contributed by atoms with van der Waals surface area (Å²) in [5.74, 6) is 0. The highest BCUT2D eigenvalue weighted by atomic mass is 28.4. The van der Waals surface area contributed by atoms with E-state index < -0.39 is 8.32 Å². The van der Waals surface area contributed by atoms with Crippen LogP contribution in [0, 0.1) is 0 Å². The summed E-state index contributed by atoms with van der Waals surface area (Å²) in [6.45, 7) is 10.3. The maximum atomic E-state index is 5.66. The first-order valence-corrected chi connectivity index (χ1v) is 7.69. The minimum absolute atomic E-state index is 1.24. The van der Waals surface area contributed by atoms with Crippen LogP contribution < -0.4 is 0 Å². The lowest BCUT2D eigenvalue weighted by Gasteiger charge is -2.20. The van der Waals surface area contributed by atoms with Gasteiger partial charge in [-0.15, -0.1) is 0 Å². The first-order valence-electron chi connectivity index (χ1n) is 4.58. The van der Waals surface area contributed by atoms with Crippen molar-refractivity contribution >= 4 is 8.32 Å². The molecule has 0 atom stereocenters. The molecular weight excluding hydrogens is 164 g/mol. The summed E-state index contributed by atoms with van der Waals surface area (Å²) in [6, 6.07) is 1.24. The molecule has 0 spiro atoms. The van der Waals surface area contributed by atoms with Gasteiger partial charge in [-0.2, -0.15) is 0 Å². The van der Waals surface area contributed by atoms with Crippen LogP contribution in [0.1, 0.15) is 19.8 Å². The minimum Gasteiger partial charge on any atom is -0.549 e. The fourth-order valence-electron chi connectivity index (χ4n) is 0.940. The Kier molecular flexibility index (Phi) is 5.81. The zero-order valence-corrected chi connectivity index (χ0v) is 9.47. The van der Waals surface area contributed by atoms with Crippen molar-refractivity contribution < 1.29 is 4.43 Å². The topological polar surface area (TPSA) is 9.23 Å². The normalized spacial score (nSPS) is 11.9. The quantitative estimate of drug-likeness (QED) is 0.347. The van der Waals surface area contributed by atoms with Gasteiger partial charge < -0.3 is 4.43 Å². The lowest BCUT2D eigenvalue weighted by molar-refractivity contribution is 0.468. The molecule has 0 saturated heterocycles. The van der Waals surface area contributed by atoms with Gasteiger partial charge in [-0.25, -0.2) is 0 Å². The number of hydrogen-bond acceptors (Lipinski definition) is 1. The zero-order valence-electron chi connectivity index (χ0n) is 8.47. The molecule has 0 heterocycles. The zero-order chi connectivity index (χ0) is 9.45. The van der Waals surface area contributed by atoms with Gasteiger partial charge in [0.1, 0.15) is 0 Å². The van der Waals surface area contributed by atoms with Crippen molar-refractivity contribution in [3.8, 4) is 0 Å². The smallest absolute Gasteiger partial charge is 0.244 e. The molecule has 0 radical (unpaired) electrons. The Balaban J connectivity index is 3.69.